The molecule has 1 aromatic heterocycles. The van der Waals surface area contributed by atoms with Crippen molar-refractivity contribution in [1.82, 2.24) is 10.3 Å². The average Bonchev–Trinajstić information content (AvgIpc) is 2.55. The highest BCUT2D eigenvalue weighted by molar-refractivity contribution is 5.80. The molecule has 0 saturated carbocycles. The summed E-state index contributed by atoms with van der Waals surface area (Å²) >= 11 is 0. The number of para-hydroxylation sites is 1. The van der Waals surface area contributed by atoms with Crippen LogP contribution in [0.4, 0.5) is 15.0 Å². The number of anilines is 1. The second-order valence-corrected chi connectivity index (χ2v) is 5.66. The number of piperidine rings is 1. The van der Waals surface area contributed by atoms with Gasteiger partial charge in [-0.1, -0.05) is 18.2 Å². The molecule has 2 aromatic rings. The summed E-state index contributed by atoms with van der Waals surface area (Å²) in [7, 11) is 0. The topological polar surface area (TPSA) is 54.5 Å². The van der Waals surface area contributed by atoms with E-state index in [4.69, 9.17) is 4.74 Å². The van der Waals surface area contributed by atoms with Crippen molar-refractivity contribution in [2.45, 2.75) is 25.6 Å². The van der Waals surface area contributed by atoms with Crippen molar-refractivity contribution in [1.29, 1.82) is 0 Å². The van der Waals surface area contributed by atoms with Crippen LogP contribution in [0.5, 0.6) is 0 Å². The Morgan fingerprint density at radius 3 is 2.78 bits per heavy atom. The molecule has 2 heterocycles. The molecule has 1 aromatic carbocycles. The number of fused-ring (bicyclic) bond motifs is 1. The molecular formula is C17H20FN3O2. The summed E-state index contributed by atoms with van der Waals surface area (Å²) in [6.07, 6.45) is -0.284. The van der Waals surface area contributed by atoms with E-state index in [0.717, 1.165) is 16.7 Å². The van der Waals surface area contributed by atoms with Crippen LogP contribution in [0.2, 0.25) is 0 Å². The minimum Gasteiger partial charge on any atom is -0.450 e. The first kappa shape index (κ1) is 15.5. The number of hydrogen-bond donors (Lipinski definition) is 1. The summed E-state index contributed by atoms with van der Waals surface area (Å²) < 4.78 is 19.4. The molecule has 0 bridgehead atoms. The molecule has 1 amide bonds. The number of halogens is 1. The van der Waals surface area contributed by atoms with E-state index in [-0.39, 0.29) is 19.4 Å². The maximum atomic E-state index is 14.6. The van der Waals surface area contributed by atoms with Crippen molar-refractivity contribution in [3.05, 3.63) is 36.4 Å². The SMILES string of the molecule is CCOC(=O)NC1(F)CCN(c2ccc3ccccc3n2)CC1. The smallest absolute Gasteiger partial charge is 0.409 e. The Labute approximate surface area is 134 Å². The molecule has 23 heavy (non-hydrogen) atoms. The van der Waals surface area contributed by atoms with Crippen molar-refractivity contribution >= 4 is 22.8 Å². The van der Waals surface area contributed by atoms with E-state index in [1.807, 2.05) is 41.3 Å². The summed E-state index contributed by atoms with van der Waals surface area (Å²) in [6, 6.07) is 11.9. The van der Waals surface area contributed by atoms with Crippen molar-refractivity contribution in [3.8, 4) is 0 Å². The highest BCUT2D eigenvalue weighted by atomic mass is 19.1. The van der Waals surface area contributed by atoms with Gasteiger partial charge in [0.1, 0.15) is 5.82 Å². The van der Waals surface area contributed by atoms with Gasteiger partial charge in [0.25, 0.3) is 0 Å². The molecule has 122 valence electrons. The maximum absolute atomic E-state index is 14.6. The van der Waals surface area contributed by atoms with Gasteiger partial charge >= 0.3 is 6.09 Å². The minimum absolute atomic E-state index is 0.209. The first-order valence-corrected chi connectivity index (χ1v) is 7.84. The third-order valence-corrected chi connectivity index (χ3v) is 4.07. The Kier molecular flexibility index (Phi) is 4.32. The molecule has 1 saturated heterocycles. The predicted molar refractivity (Wildman–Crippen MR) is 87.2 cm³/mol. The fraction of sp³-hybridized carbons (Fsp3) is 0.412. The Hall–Kier alpha value is -2.37. The number of aromatic nitrogens is 1. The van der Waals surface area contributed by atoms with Crippen molar-refractivity contribution in [2.24, 2.45) is 0 Å². The van der Waals surface area contributed by atoms with E-state index in [0.29, 0.717) is 13.1 Å². The number of rotatable bonds is 3. The van der Waals surface area contributed by atoms with Crippen LogP contribution in [0.15, 0.2) is 36.4 Å². The number of carbonyl (C=O) groups excluding carboxylic acids is 1. The van der Waals surface area contributed by atoms with Gasteiger partial charge in [-0.25, -0.2) is 14.2 Å². The summed E-state index contributed by atoms with van der Waals surface area (Å²) in [6.45, 7) is 2.91. The van der Waals surface area contributed by atoms with E-state index in [1.54, 1.807) is 6.92 Å². The summed E-state index contributed by atoms with van der Waals surface area (Å²) in [5, 5.41) is 3.40. The number of benzene rings is 1. The standard InChI is InChI=1S/C17H20FN3O2/c1-2-23-16(22)20-17(18)9-11-21(12-10-17)15-8-7-13-5-3-4-6-14(13)19-15/h3-8H,2,9-12H2,1H3,(H,20,22). The van der Waals surface area contributed by atoms with Gasteiger partial charge in [0.05, 0.1) is 12.1 Å². The molecular weight excluding hydrogens is 297 g/mol. The second-order valence-electron chi connectivity index (χ2n) is 5.66. The molecule has 0 atom stereocenters. The lowest BCUT2D eigenvalue weighted by molar-refractivity contribution is 0.0661. The molecule has 1 aliphatic heterocycles. The largest absolute Gasteiger partial charge is 0.450 e. The summed E-state index contributed by atoms with van der Waals surface area (Å²) in [5.74, 6) is -0.874. The van der Waals surface area contributed by atoms with Crippen LogP contribution in [-0.4, -0.2) is 36.6 Å². The van der Waals surface area contributed by atoms with E-state index < -0.39 is 11.9 Å². The first-order chi connectivity index (χ1) is 11.1. The fourth-order valence-corrected chi connectivity index (χ4v) is 2.80. The number of amides is 1. The zero-order valence-corrected chi connectivity index (χ0v) is 13.1. The van der Waals surface area contributed by atoms with E-state index in [2.05, 4.69) is 10.3 Å². The van der Waals surface area contributed by atoms with Gasteiger partial charge in [-0.2, -0.15) is 0 Å². The first-order valence-electron chi connectivity index (χ1n) is 7.84. The number of alkyl carbamates (subject to hydrolysis) is 1. The van der Waals surface area contributed by atoms with Crippen LogP contribution >= 0.6 is 0 Å². The Bertz CT molecular complexity index is 699. The molecule has 0 aliphatic carbocycles. The Morgan fingerprint density at radius 2 is 2.04 bits per heavy atom. The van der Waals surface area contributed by atoms with Crippen molar-refractivity contribution in [3.63, 3.8) is 0 Å². The van der Waals surface area contributed by atoms with Gasteiger partial charge < -0.3 is 9.64 Å². The molecule has 3 rings (SSSR count). The van der Waals surface area contributed by atoms with Gasteiger partial charge in [-0.3, -0.25) is 5.32 Å². The van der Waals surface area contributed by atoms with Gasteiger partial charge in [0.2, 0.25) is 0 Å². The Morgan fingerprint density at radius 1 is 1.30 bits per heavy atom. The summed E-state index contributed by atoms with van der Waals surface area (Å²) in [5.41, 5.74) is 0.923. The molecule has 0 radical (unpaired) electrons. The van der Waals surface area contributed by atoms with Crippen LogP contribution in [0.3, 0.4) is 0 Å². The fourth-order valence-electron chi connectivity index (χ4n) is 2.80. The lowest BCUT2D eigenvalue weighted by Gasteiger charge is -2.37. The number of alkyl halides is 1. The van der Waals surface area contributed by atoms with Gasteiger partial charge in [0, 0.05) is 31.3 Å². The third-order valence-electron chi connectivity index (χ3n) is 4.07. The minimum atomic E-state index is -1.71. The normalized spacial score (nSPS) is 17.0. The maximum Gasteiger partial charge on any atom is 0.409 e. The number of nitrogens with zero attached hydrogens (tertiary/aromatic N) is 2. The number of hydrogen-bond acceptors (Lipinski definition) is 4. The van der Waals surface area contributed by atoms with Crippen LogP contribution < -0.4 is 10.2 Å². The second kappa shape index (κ2) is 6.40. The molecule has 0 spiro atoms. The Balaban J connectivity index is 1.66. The molecule has 6 heteroatoms. The number of nitrogens with one attached hydrogen (secondary N) is 1. The van der Waals surface area contributed by atoms with Gasteiger partial charge in [0.15, 0.2) is 5.79 Å². The average molecular weight is 317 g/mol. The highest BCUT2D eigenvalue weighted by Gasteiger charge is 2.36. The number of ether oxygens (including phenoxy) is 1. The van der Waals surface area contributed by atoms with E-state index >= 15 is 0 Å². The van der Waals surface area contributed by atoms with Crippen LogP contribution in [0, 0.1) is 0 Å². The quantitative estimate of drug-likeness (QED) is 0.883. The monoisotopic (exact) mass is 317 g/mol. The van der Waals surface area contributed by atoms with Crippen molar-refractivity contribution in [2.75, 3.05) is 24.6 Å². The molecule has 0 unspecified atom stereocenters. The third kappa shape index (κ3) is 3.52. The molecule has 1 fully saturated rings. The van der Waals surface area contributed by atoms with Crippen LogP contribution in [0.25, 0.3) is 10.9 Å². The van der Waals surface area contributed by atoms with Gasteiger partial charge in [-0.15, -0.1) is 0 Å². The van der Waals surface area contributed by atoms with E-state index in [9.17, 15) is 9.18 Å². The number of carbonyl (C=O) groups is 1. The molecule has 1 N–H and O–H groups in total. The summed E-state index contributed by atoms with van der Waals surface area (Å²) in [4.78, 5) is 18.1. The number of pyridine rings is 1. The zero-order chi connectivity index (χ0) is 16.3. The zero-order valence-electron chi connectivity index (χ0n) is 13.1. The molecule has 1 aliphatic rings. The van der Waals surface area contributed by atoms with Crippen molar-refractivity contribution < 1.29 is 13.9 Å². The predicted octanol–water partition coefficient (Wildman–Crippen LogP) is 3.25. The van der Waals surface area contributed by atoms with Crippen LogP contribution in [0.1, 0.15) is 19.8 Å². The lowest BCUT2D eigenvalue weighted by atomic mass is 10.0. The van der Waals surface area contributed by atoms with Crippen LogP contribution in [-0.2, 0) is 4.74 Å². The van der Waals surface area contributed by atoms with Gasteiger partial charge in [-0.05, 0) is 25.1 Å². The highest BCUT2D eigenvalue weighted by Crippen LogP contribution is 2.27. The molecule has 5 nitrogen and oxygen atoms in total. The lowest BCUT2D eigenvalue weighted by Crippen LogP contribution is -2.52. The van der Waals surface area contributed by atoms with E-state index in [1.165, 1.54) is 0 Å².